The summed E-state index contributed by atoms with van der Waals surface area (Å²) >= 11 is 0. The molecule has 2 saturated heterocycles. The van der Waals surface area contributed by atoms with E-state index in [0.29, 0.717) is 25.2 Å². The summed E-state index contributed by atoms with van der Waals surface area (Å²) in [6, 6.07) is 7.05. The predicted octanol–water partition coefficient (Wildman–Crippen LogP) is 1.06. The Bertz CT molecular complexity index is 609. The Morgan fingerprint density at radius 2 is 1.92 bits per heavy atom. The number of amides is 3. The molecule has 7 heteroatoms. The van der Waals surface area contributed by atoms with Crippen LogP contribution in [-0.2, 0) is 4.74 Å². The van der Waals surface area contributed by atoms with Gasteiger partial charge >= 0.3 is 6.03 Å². The van der Waals surface area contributed by atoms with Crippen LogP contribution in [0.3, 0.4) is 0 Å². The summed E-state index contributed by atoms with van der Waals surface area (Å²) in [4.78, 5) is 27.9. The zero-order chi connectivity index (χ0) is 17.8. The van der Waals surface area contributed by atoms with Gasteiger partial charge in [0, 0.05) is 50.5 Å². The highest BCUT2D eigenvalue weighted by Crippen LogP contribution is 2.17. The number of urea groups is 1. The third-order valence-corrected chi connectivity index (χ3v) is 4.51. The smallest absolute Gasteiger partial charge is 0.321 e. The van der Waals surface area contributed by atoms with Gasteiger partial charge in [0.25, 0.3) is 5.91 Å². The number of anilines is 1. The highest BCUT2D eigenvalue weighted by molar-refractivity contribution is 5.96. The lowest BCUT2D eigenvalue weighted by atomic mass is 10.2. The van der Waals surface area contributed by atoms with Crippen molar-refractivity contribution >= 4 is 17.6 Å². The van der Waals surface area contributed by atoms with Gasteiger partial charge in [-0.15, -0.1) is 0 Å². The molecule has 0 radical (unpaired) electrons. The van der Waals surface area contributed by atoms with E-state index in [9.17, 15) is 9.59 Å². The maximum atomic E-state index is 12.3. The van der Waals surface area contributed by atoms with Crippen LogP contribution in [0.4, 0.5) is 10.5 Å². The Labute approximate surface area is 148 Å². The number of nitrogens with one attached hydrogen (secondary N) is 2. The molecule has 0 aromatic heterocycles. The van der Waals surface area contributed by atoms with E-state index in [1.165, 1.54) is 0 Å². The van der Waals surface area contributed by atoms with Gasteiger partial charge in [-0.3, -0.25) is 14.6 Å². The van der Waals surface area contributed by atoms with E-state index in [0.717, 1.165) is 25.3 Å². The monoisotopic (exact) mass is 346 g/mol. The maximum absolute atomic E-state index is 12.3. The summed E-state index contributed by atoms with van der Waals surface area (Å²) in [7, 11) is 0. The second-order valence-corrected chi connectivity index (χ2v) is 6.70. The minimum atomic E-state index is -0.0915. The van der Waals surface area contributed by atoms with Crippen LogP contribution in [0.5, 0.6) is 0 Å². The number of nitrogens with zero attached hydrogens (tertiary/aromatic N) is 2. The van der Waals surface area contributed by atoms with Gasteiger partial charge in [-0.05, 0) is 38.1 Å². The molecule has 0 unspecified atom stereocenters. The first-order valence-electron chi connectivity index (χ1n) is 8.84. The van der Waals surface area contributed by atoms with Gasteiger partial charge in [-0.2, -0.15) is 0 Å². The lowest BCUT2D eigenvalue weighted by molar-refractivity contribution is -0.0672. The van der Waals surface area contributed by atoms with Crippen LogP contribution in [0.2, 0.25) is 0 Å². The molecule has 3 rings (SSSR count). The zero-order valence-electron chi connectivity index (χ0n) is 14.8. The number of ether oxygens (including phenoxy) is 1. The minimum absolute atomic E-state index is 0.0909. The summed E-state index contributed by atoms with van der Waals surface area (Å²) in [5.74, 6) is -0.0909. The summed E-state index contributed by atoms with van der Waals surface area (Å²) in [5, 5.41) is 5.72. The lowest BCUT2D eigenvalue weighted by Crippen LogP contribution is -2.47. The standard InChI is InChI=1S/C18H26N4O3/c1-13-11-21(12-14(2)25-13)9-7-19-17(23)15-3-5-16(6-4-15)22-10-8-20-18(22)24/h3-6,13-14H,7-12H2,1-2H3,(H,19,23)(H,20,24)/t13-,14+. The molecule has 2 N–H and O–H groups in total. The van der Waals surface area contributed by atoms with Crippen LogP contribution in [0.25, 0.3) is 0 Å². The second-order valence-electron chi connectivity index (χ2n) is 6.70. The van der Waals surface area contributed by atoms with Crippen molar-refractivity contribution in [1.82, 2.24) is 15.5 Å². The van der Waals surface area contributed by atoms with Crippen molar-refractivity contribution in [1.29, 1.82) is 0 Å². The van der Waals surface area contributed by atoms with Gasteiger partial charge < -0.3 is 15.4 Å². The van der Waals surface area contributed by atoms with Crippen LogP contribution in [0.15, 0.2) is 24.3 Å². The number of carbonyl (C=O) groups is 2. The molecule has 0 saturated carbocycles. The quantitative estimate of drug-likeness (QED) is 0.836. The second kappa shape index (κ2) is 7.84. The van der Waals surface area contributed by atoms with E-state index in [4.69, 9.17) is 4.74 Å². The van der Waals surface area contributed by atoms with Crippen molar-refractivity contribution < 1.29 is 14.3 Å². The summed E-state index contributed by atoms with van der Waals surface area (Å²) in [6.45, 7) is 8.66. The maximum Gasteiger partial charge on any atom is 0.321 e. The molecule has 1 aromatic carbocycles. The van der Waals surface area contributed by atoms with Crippen LogP contribution in [-0.4, -0.2) is 68.3 Å². The summed E-state index contributed by atoms with van der Waals surface area (Å²) in [6.07, 6.45) is 0.463. The summed E-state index contributed by atoms with van der Waals surface area (Å²) < 4.78 is 5.71. The molecular formula is C18H26N4O3. The van der Waals surface area contributed by atoms with Crippen molar-refractivity contribution in [2.45, 2.75) is 26.1 Å². The molecule has 0 aliphatic carbocycles. The van der Waals surface area contributed by atoms with Crippen molar-refractivity contribution in [2.75, 3.05) is 44.2 Å². The molecule has 0 bridgehead atoms. The first kappa shape index (κ1) is 17.7. The fourth-order valence-corrected chi connectivity index (χ4v) is 3.41. The average molecular weight is 346 g/mol. The average Bonchev–Trinajstić information content (AvgIpc) is 3.00. The molecule has 25 heavy (non-hydrogen) atoms. The van der Waals surface area contributed by atoms with E-state index in [1.54, 1.807) is 17.0 Å². The first-order valence-corrected chi connectivity index (χ1v) is 8.84. The molecule has 7 nitrogen and oxygen atoms in total. The molecule has 3 amide bonds. The lowest BCUT2D eigenvalue weighted by Gasteiger charge is -2.35. The molecule has 1 aromatic rings. The molecule has 0 spiro atoms. The van der Waals surface area contributed by atoms with Crippen molar-refractivity contribution in [3.8, 4) is 0 Å². The van der Waals surface area contributed by atoms with Crippen molar-refractivity contribution in [3.63, 3.8) is 0 Å². The van der Waals surface area contributed by atoms with Gasteiger partial charge in [-0.1, -0.05) is 0 Å². The number of hydrogen-bond acceptors (Lipinski definition) is 4. The normalized spacial score (nSPS) is 24.2. The number of rotatable bonds is 5. The number of hydrogen-bond donors (Lipinski definition) is 2. The zero-order valence-corrected chi connectivity index (χ0v) is 14.8. The Morgan fingerprint density at radius 1 is 1.24 bits per heavy atom. The Morgan fingerprint density at radius 3 is 2.52 bits per heavy atom. The molecule has 2 fully saturated rings. The van der Waals surface area contributed by atoms with E-state index in [-0.39, 0.29) is 24.1 Å². The Kier molecular flexibility index (Phi) is 5.55. The largest absolute Gasteiger partial charge is 0.373 e. The molecule has 2 aliphatic rings. The molecule has 2 atom stereocenters. The van der Waals surface area contributed by atoms with Gasteiger partial charge in [0.2, 0.25) is 0 Å². The van der Waals surface area contributed by atoms with Gasteiger partial charge in [0.15, 0.2) is 0 Å². The number of benzene rings is 1. The van der Waals surface area contributed by atoms with Crippen LogP contribution in [0, 0.1) is 0 Å². The van der Waals surface area contributed by atoms with E-state index >= 15 is 0 Å². The molecule has 136 valence electrons. The Balaban J connectivity index is 1.47. The number of carbonyl (C=O) groups excluding carboxylic acids is 2. The van der Waals surface area contributed by atoms with Crippen molar-refractivity contribution in [3.05, 3.63) is 29.8 Å². The predicted molar refractivity (Wildman–Crippen MR) is 96.0 cm³/mol. The first-order chi connectivity index (χ1) is 12.0. The van der Waals surface area contributed by atoms with Gasteiger partial charge in [0.05, 0.1) is 12.2 Å². The minimum Gasteiger partial charge on any atom is -0.373 e. The third-order valence-electron chi connectivity index (χ3n) is 4.51. The van der Waals surface area contributed by atoms with Crippen LogP contribution >= 0.6 is 0 Å². The Hall–Kier alpha value is -2.12. The fraction of sp³-hybridized carbons (Fsp3) is 0.556. The van der Waals surface area contributed by atoms with E-state index in [1.807, 2.05) is 12.1 Å². The highest BCUT2D eigenvalue weighted by atomic mass is 16.5. The third kappa shape index (κ3) is 4.49. The van der Waals surface area contributed by atoms with Gasteiger partial charge in [-0.25, -0.2) is 4.79 Å². The van der Waals surface area contributed by atoms with Gasteiger partial charge in [0.1, 0.15) is 0 Å². The van der Waals surface area contributed by atoms with Crippen LogP contribution < -0.4 is 15.5 Å². The fourth-order valence-electron chi connectivity index (χ4n) is 3.41. The summed E-state index contributed by atoms with van der Waals surface area (Å²) in [5.41, 5.74) is 1.41. The van der Waals surface area contributed by atoms with E-state index < -0.39 is 0 Å². The molecule has 2 aliphatic heterocycles. The topological polar surface area (TPSA) is 73.9 Å². The van der Waals surface area contributed by atoms with E-state index in [2.05, 4.69) is 29.4 Å². The number of morpholine rings is 1. The highest BCUT2D eigenvalue weighted by Gasteiger charge is 2.22. The molecule has 2 heterocycles. The van der Waals surface area contributed by atoms with Crippen LogP contribution in [0.1, 0.15) is 24.2 Å². The SMILES string of the molecule is C[C@@H]1CN(CCNC(=O)c2ccc(N3CCNC3=O)cc2)C[C@H](C)O1. The van der Waals surface area contributed by atoms with Crippen molar-refractivity contribution in [2.24, 2.45) is 0 Å². The molecular weight excluding hydrogens is 320 g/mol.